The van der Waals surface area contributed by atoms with Gasteiger partial charge in [0.25, 0.3) is 5.91 Å². The van der Waals surface area contributed by atoms with Crippen LogP contribution in [0.5, 0.6) is 0 Å². The Kier molecular flexibility index (Phi) is 5.57. The minimum atomic E-state index is 0.0601. The van der Waals surface area contributed by atoms with Crippen LogP contribution in [0.2, 0.25) is 0 Å². The molecule has 4 rings (SSSR count). The SMILES string of the molecule is Cc1csc(C(=O)NCC2CCC(c3nn(C)cc3-c3ccncc3)CC2)c1. The summed E-state index contributed by atoms with van der Waals surface area (Å²) in [5.41, 5.74) is 4.75. The number of aryl methyl sites for hydroxylation is 2. The molecule has 28 heavy (non-hydrogen) atoms. The first-order valence-electron chi connectivity index (χ1n) is 9.87. The first kappa shape index (κ1) is 18.9. The number of hydrogen-bond acceptors (Lipinski definition) is 4. The molecular weight excluding hydrogens is 368 g/mol. The van der Waals surface area contributed by atoms with Crippen molar-refractivity contribution in [1.82, 2.24) is 20.1 Å². The largest absolute Gasteiger partial charge is 0.351 e. The third-order valence-corrected chi connectivity index (χ3v) is 6.63. The molecule has 5 nitrogen and oxygen atoms in total. The van der Waals surface area contributed by atoms with Crippen molar-refractivity contribution in [3.05, 3.63) is 58.3 Å². The van der Waals surface area contributed by atoms with Crippen molar-refractivity contribution in [3.63, 3.8) is 0 Å². The Bertz CT molecular complexity index is 939. The number of nitrogens with zero attached hydrogens (tertiary/aromatic N) is 3. The quantitative estimate of drug-likeness (QED) is 0.690. The molecule has 3 aromatic heterocycles. The van der Waals surface area contributed by atoms with E-state index in [1.54, 1.807) is 0 Å². The number of thiophene rings is 1. The molecule has 1 N–H and O–H groups in total. The summed E-state index contributed by atoms with van der Waals surface area (Å²) in [6, 6.07) is 6.06. The van der Waals surface area contributed by atoms with Gasteiger partial charge in [-0.05, 0) is 73.2 Å². The van der Waals surface area contributed by atoms with Crippen molar-refractivity contribution < 1.29 is 4.79 Å². The maximum Gasteiger partial charge on any atom is 0.261 e. The molecule has 0 aliphatic heterocycles. The van der Waals surface area contributed by atoms with Gasteiger partial charge in [0.05, 0.1) is 10.6 Å². The highest BCUT2D eigenvalue weighted by Gasteiger charge is 2.27. The second-order valence-corrected chi connectivity index (χ2v) is 8.66. The second kappa shape index (κ2) is 8.27. The van der Waals surface area contributed by atoms with Gasteiger partial charge in [-0.25, -0.2) is 0 Å². The van der Waals surface area contributed by atoms with Crippen molar-refractivity contribution in [3.8, 4) is 11.1 Å². The summed E-state index contributed by atoms with van der Waals surface area (Å²) in [5, 5.41) is 9.92. The Morgan fingerprint density at radius 2 is 2.00 bits per heavy atom. The molecule has 1 saturated carbocycles. The van der Waals surface area contributed by atoms with Crippen molar-refractivity contribution in [2.45, 2.75) is 38.5 Å². The molecule has 1 aliphatic carbocycles. The van der Waals surface area contributed by atoms with Crippen LogP contribution < -0.4 is 5.32 Å². The molecule has 0 atom stereocenters. The number of carbonyl (C=O) groups excluding carboxylic acids is 1. The van der Waals surface area contributed by atoms with E-state index in [1.807, 2.05) is 54.6 Å². The van der Waals surface area contributed by atoms with E-state index in [1.165, 1.54) is 28.2 Å². The lowest BCUT2D eigenvalue weighted by Gasteiger charge is -2.28. The Balaban J connectivity index is 1.35. The molecule has 6 heteroatoms. The molecule has 0 bridgehead atoms. The molecule has 3 aromatic rings. The van der Waals surface area contributed by atoms with E-state index in [9.17, 15) is 4.79 Å². The van der Waals surface area contributed by atoms with Gasteiger partial charge in [0.15, 0.2) is 0 Å². The number of hydrogen-bond donors (Lipinski definition) is 1. The van der Waals surface area contributed by atoms with E-state index in [4.69, 9.17) is 5.10 Å². The zero-order valence-corrected chi connectivity index (χ0v) is 17.2. The van der Waals surface area contributed by atoms with Crippen LogP contribution in [0.4, 0.5) is 0 Å². The predicted octanol–water partition coefficient (Wildman–Crippen LogP) is 4.56. The van der Waals surface area contributed by atoms with Gasteiger partial charge in [0.1, 0.15) is 0 Å². The molecule has 3 heterocycles. The molecular formula is C22H26N4OS. The fraction of sp³-hybridized carbons (Fsp3) is 0.409. The van der Waals surface area contributed by atoms with Gasteiger partial charge in [-0.2, -0.15) is 5.10 Å². The first-order valence-corrected chi connectivity index (χ1v) is 10.8. The number of pyridine rings is 1. The van der Waals surface area contributed by atoms with Gasteiger partial charge in [-0.1, -0.05) is 0 Å². The summed E-state index contributed by atoms with van der Waals surface area (Å²) < 4.78 is 1.92. The lowest BCUT2D eigenvalue weighted by atomic mass is 9.79. The summed E-state index contributed by atoms with van der Waals surface area (Å²) in [6.45, 7) is 2.79. The van der Waals surface area contributed by atoms with Gasteiger partial charge < -0.3 is 5.32 Å². The van der Waals surface area contributed by atoms with Crippen LogP contribution in [-0.4, -0.2) is 27.2 Å². The zero-order chi connectivity index (χ0) is 19.5. The first-order chi connectivity index (χ1) is 13.6. The van der Waals surface area contributed by atoms with E-state index in [2.05, 4.69) is 16.5 Å². The fourth-order valence-electron chi connectivity index (χ4n) is 4.08. The number of carbonyl (C=O) groups is 1. The Hall–Kier alpha value is -2.47. The highest BCUT2D eigenvalue weighted by atomic mass is 32.1. The van der Waals surface area contributed by atoms with Gasteiger partial charge in [0.2, 0.25) is 0 Å². The minimum Gasteiger partial charge on any atom is -0.351 e. The lowest BCUT2D eigenvalue weighted by Crippen LogP contribution is -2.30. The summed E-state index contributed by atoms with van der Waals surface area (Å²) in [4.78, 5) is 17.2. The highest BCUT2D eigenvalue weighted by Crippen LogP contribution is 2.39. The fourth-order valence-corrected chi connectivity index (χ4v) is 4.89. The van der Waals surface area contributed by atoms with Crippen molar-refractivity contribution in [2.75, 3.05) is 6.54 Å². The van der Waals surface area contributed by atoms with Gasteiger partial charge in [0, 0.05) is 43.7 Å². The monoisotopic (exact) mass is 394 g/mol. The molecule has 1 amide bonds. The van der Waals surface area contributed by atoms with E-state index < -0.39 is 0 Å². The molecule has 1 fully saturated rings. The highest BCUT2D eigenvalue weighted by molar-refractivity contribution is 7.12. The summed E-state index contributed by atoms with van der Waals surface area (Å²) in [7, 11) is 1.99. The maximum absolute atomic E-state index is 12.3. The summed E-state index contributed by atoms with van der Waals surface area (Å²) in [5.74, 6) is 1.09. The van der Waals surface area contributed by atoms with Crippen LogP contribution in [0.1, 0.15) is 52.5 Å². The predicted molar refractivity (Wildman–Crippen MR) is 113 cm³/mol. The smallest absolute Gasteiger partial charge is 0.261 e. The average Bonchev–Trinajstić information content (AvgIpc) is 3.33. The van der Waals surface area contributed by atoms with Gasteiger partial charge in [-0.15, -0.1) is 11.3 Å². The molecule has 0 spiro atoms. The standard InChI is InChI=1S/C22H26N4OS/c1-15-11-20(28-14-15)22(27)24-12-16-3-5-18(6-4-16)21-19(13-26(2)25-21)17-7-9-23-10-8-17/h7-11,13-14,16,18H,3-6,12H2,1-2H3,(H,24,27). The molecule has 0 radical (unpaired) electrons. The van der Waals surface area contributed by atoms with Crippen molar-refractivity contribution in [2.24, 2.45) is 13.0 Å². The van der Waals surface area contributed by atoms with Crippen LogP contribution in [0.3, 0.4) is 0 Å². The third kappa shape index (κ3) is 4.17. The zero-order valence-electron chi connectivity index (χ0n) is 16.4. The van der Waals surface area contributed by atoms with Crippen molar-refractivity contribution in [1.29, 1.82) is 0 Å². The molecule has 0 aromatic carbocycles. The van der Waals surface area contributed by atoms with E-state index in [-0.39, 0.29) is 5.91 Å². The third-order valence-electron chi connectivity index (χ3n) is 5.59. The van der Waals surface area contributed by atoms with Crippen LogP contribution in [-0.2, 0) is 7.05 Å². The van der Waals surface area contributed by atoms with Crippen LogP contribution >= 0.6 is 11.3 Å². The molecule has 0 saturated heterocycles. The Labute approximate surface area is 169 Å². The van der Waals surface area contributed by atoms with E-state index >= 15 is 0 Å². The number of rotatable bonds is 5. The number of nitrogens with one attached hydrogen (secondary N) is 1. The average molecular weight is 395 g/mol. The number of aromatic nitrogens is 3. The second-order valence-electron chi connectivity index (χ2n) is 7.75. The minimum absolute atomic E-state index is 0.0601. The van der Waals surface area contributed by atoms with Crippen molar-refractivity contribution >= 4 is 17.2 Å². The van der Waals surface area contributed by atoms with Gasteiger partial charge >= 0.3 is 0 Å². The lowest BCUT2D eigenvalue weighted by molar-refractivity contribution is 0.0947. The molecule has 1 aliphatic rings. The molecule has 0 unspecified atom stereocenters. The summed E-state index contributed by atoms with van der Waals surface area (Å²) >= 11 is 1.52. The maximum atomic E-state index is 12.3. The van der Waals surface area contributed by atoms with Crippen LogP contribution in [0.25, 0.3) is 11.1 Å². The summed E-state index contributed by atoms with van der Waals surface area (Å²) in [6.07, 6.45) is 10.3. The van der Waals surface area contributed by atoms with Crippen LogP contribution in [0.15, 0.2) is 42.2 Å². The van der Waals surface area contributed by atoms with Crippen LogP contribution in [0, 0.1) is 12.8 Å². The number of amides is 1. The Morgan fingerprint density at radius 3 is 2.68 bits per heavy atom. The normalized spacial score (nSPS) is 19.5. The van der Waals surface area contributed by atoms with E-state index in [0.717, 1.165) is 42.7 Å². The Morgan fingerprint density at radius 1 is 1.25 bits per heavy atom. The topological polar surface area (TPSA) is 59.8 Å². The molecule has 146 valence electrons. The van der Waals surface area contributed by atoms with Gasteiger partial charge in [-0.3, -0.25) is 14.5 Å². The van der Waals surface area contributed by atoms with E-state index in [0.29, 0.717) is 11.8 Å².